The lowest BCUT2D eigenvalue weighted by atomic mass is 9.88. The smallest absolute Gasteiger partial charge is 0.0230 e. The first-order chi connectivity index (χ1) is 6.54. The molecule has 0 aliphatic rings. The van der Waals surface area contributed by atoms with Gasteiger partial charge in [0.2, 0.25) is 0 Å². The Morgan fingerprint density at radius 1 is 1.00 bits per heavy atom. The second kappa shape index (κ2) is 8.45. The van der Waals surface area contributed by atoms with E-state index in [1.165, 1.54) is 5.57 Å². The molecule has 0 aromatic carbocycles. The van der Waals surface area contributed by atoms with Crippen LogP contribution in [-0.2, 0) is 0 Å². The molecule has 0 aliphatic carbocycles. The molecule has 0 unspecified atom stereocenters. The summed E-state index contributed by atoms with van der Waals surface area (Å²) in [4.78, 5) is 0. The van der Waals surface area contributed by atoms with Gasteiger partial charge in [-0.3, -0.25) is 0 Å². The Bertz CT molecular complexity index is 242. The van der Waals surface area contributed by atoms with Crippen molar-refractivity contribution >= 4 is 0 Å². The Hall–Kier alpha value is -0.700. The third-order valence-electron chi connectivity index (χ3n) is 2.12. The summed E-state index contributed by atoms with van der Waals surface area (Å²) in [5, 5.41) is 0. The van der Waals surface area contributed by atoms with Gasteiger partial charge in [-0.25, -0.2) is 0 Å². The molecule has 0 spiro atoms. The molecule has 0 amide bonds. The number of rotatable bonds is 0. The monoisotopic (exact) mass is 224 g/mol. The van der Waals surface area contributed by atoms with Crippen LogP contribution in [0.2, 0.25) is 0 Å². The van der Waals surface area contributed by atoms with Crippen molar-refractivity contribution in [3.63, 3.8) is 0 Å². The third-order valence-corrected chi connectivity index (χ3v) is 2.12. The van der Waals surface area contributed by atoms with Crippen molar-refractivity contribution in [3.8, 4) is 11.8 Å². The van der Waals surface area contributed by atoms with Crippen LogP contribution < -0.4 is 0 Å². The predicted molar refractivity (Wildman–Crippen MR) is 78.5 cm³/mol. The fraction of sp³-hybridized carbons (Fsp3) is 0.750. The van der Waals surface area contributed by atoms with Crippen molar-refractivity contribution in [2.45, 2.75) is 69.7 Å². The lowest BCUT2D eigenvalue weighted by Crippen LogP contribution is -2.05. The molecule has 0 rings (SSSR count). The van der Waals surface area contributed by atoms with Gasteiger partial charge in [0.05, 0.1) is 0 Å². The molecule has 0 saturated carbocycles. The minimum Gasteiger partial charge on any atom is -0.106 e. The summed E-state index contributed by atoms with van der Waals surface area (Å²) >= 11 is 0. The summed E-state index contributed by atoms with van der Waals surface area (Å²) in [5.74, 6) is 5.89. The van der Waals surface area contributed by atoms with E-state index < -0.39 is 0 Å². The van der Waals surface area contributed by atoms with Gasteiger partial charge in [0.1, 0.15) is 0 Å². The molecule has 0 bridgehead atoms. The molecule has 0 aromatic heterocycles. The zero-order valence-corrected chi connectivity index (χ0v) is 12.1. The van der Waals surface area contributed by atoms with E-state index in [1.54, 1.807) is 0 Å². The average Bonchev–Trinajstić information content (AvgIpc) is 2.00. The van der Waals surface area contributed by atoms with E-state index in [4.69, 9.17) is 0 Å². The highest BCUT2D eigenvalue weighted by Gasteiger charge is 2.10. The van der Waals surface area contributed by atoms with E-state index in [9.17, 15) is 0 Å². The second-order valence-corrected chi connectivity index (χ2v) is 5.85. The Kier molecular flexibility index (Phi) is 10.9. The van der Waals surface area contributed by atoms with Crippen molar-refractivity contribution in [3.05, 3.63) is 11.6 Å². The van der Waals surface area contributed by atoms with Crippen molar-refractivity contribution in [2.75, 3.05) is 0 Å². The van der Waals surface area contributed by atoms with Crippen LogP contribution >= 0.6 is 0 Å². The first-order valence-electron chi connectivity index (χ1n) is 5.62. The van der Waals surface area contributed by atoms with Crippen molar-refractivity contribution in [2.24, 2.45) is 10.8 Å². The molecule has 16 heavy (non-hydrogen) atoms. The van der Waals surface area contributed by atoms with Crippen molar-refractivity contribution in [1.82, 2.24) is 0 Å². The molecule has 0 radical (unpaired) electrons. The lowest BCUT2D eigenvalue weighted by molar-refractivity contribution is 0.503. The summed E-state index contributed by atoms with van der Waals surface area (Å²) in [5.41, 5.74) is 2.02. The number of hydrogen-bond donors (Lipinski definition) is 0. The second-order valence-electron chi connectivity index (χ2n) is 5.85. The quantitative estimate of drug-likeness (QED) is 0.366. The summed E-state index contributed by atoms with van der Waals surface area (Å²) in [6.07, 6.45) is 2.17. The van der Waals surface area contributed by atoms with Crippen LogP contribution in [0.1, 0.15) is 69.7 Å². The largest absolute Gasteiger partial charge is 0.106 e. The molecule has 0 fully saturated rings. The molecule has 0 heterocycles. The number of hydrogen-bond acceptors (Lipinski definition) is 0. The van der Waals surface area contributed by atoms with Gasteiger partial charge < -0.3 is 0 Å². The summed E-state index contributed by atoms with van der Waals surface area (Å²) in [7, 11) is 0. The lowest BCUT2D eigenvalue weighted by Gasteiger charge is -2.18. The molecule has 0 saturated heterocycles. The molecule has 0 atom stereocenters. The normalized spacial score (nSPS) is 11.4. The van der Waals surface area contributed by atoms with E-state index in [2.05, 4.69) is 73.3 Å². The van der Waals surface area contributed by atoms with Crippen molar-refractivity contribution < 1.29 is 0 Å². The van der Waals surface area contributed by atoms with Crippen LogP contribution in [0.15, 0.2) is 11.6 Å². The highest BCUT2D eigenvalue weighted by molar-refractivity contribution is 5.05. The zero-order chi connectivity index (χ0) is 12.7. The van der Waals surface area contributed by atoms with Gasteiger partial charge in [-0.05, 0) is 47.0 Å². The van der Waals surface area contributed by atoms with E-state index >= 15 is 0 Å². The molecular formula is C16H32. The standard InChI is InChI=1S/C8H16.C7H12.CH4/c1-6-7(2)8(3,4)5;1-5-6-7(2,3)4;/h6H,1-5H3;1-4H3;1H4/b7-6+;;. The van der Waals surface area contributed by atoms with Gasteiger partial charge >= 0.3 is 0 Å². The van der Waals surface area contributed by atoms with Crippen LogP contribution in [0, 0.1) is 22.7 Å². The van der Waals surface area contributed by atoms with Gasteiger partial charge in [-0.15, -0.1) is 5.92 Å². The first-order valence-corrected chi connectivity index (χ1v) is 5.62. The van der Waals surface area contributed by atoms with Gasteiger partial charge in [-0.1, -0.05) is 45.8 Å². The SMILES string of the molecule is C.C/C=C(\C)C(C)(C)C.CC#CC(C)(C)C. The maximum absolute atomic E-state index is 3.03. The molecule has 0 N–H and O–H groups in total. The number of allylic oxidation sites excluding steroid dienone is 2. The van der Waals surface area contributed by atoms with E-state index in [0.717, 1.165) is 0 Å². The Labute approximate surface area is 105 Å². The minimum absolute atomic E-state index is 0. The van der Waals surface area contributed by atoms with Gasteiger partial charge in [0.25, 0.3) is 0 Å². The maximum atomic E-state index is 3.03. The van der Waals surface area contributed by atoms with Crippen LogP contribution in [0.25, 0.3) is 0 Å². The molecule has 0 nitrogen and oxygen atoms in total. The summed E-state index contributed by atoms with van der Waals surface area (Å²) in [6.45, 7) is 19.1. The zero-order valence-electron chi connectivity index (χ0n) is 12.1. The highest BCUT2D eigenvalue weighted by Crippen LogP contribution is 2.23. The Morgan fingerprint density at radius 2 is 1.38 bits per heavy atom. The van der Waals surface area contributed by atoms with Crippen LogP contribution in [0.4, 0.5) is 0 Å². The summed E-state index contributed by atoms with van der Waals surface area (Å²) in [6, 6.07) is 0. The van der Waals surface area contributed by atoms with Gasteiger partial charge in [0, 0.05) is 5.41 Å². The fourth-order valence-electron chi connectivity index (χ4n) is 0.808. The third kappa shape index (κ3) is 15.8. The topological polar surface area (TPSA) is 0 Å². The average molecular weight is 224 g/mol. The summed E-state index contributed by atoms with van der Waals surface area (Å²) < 4.78 is 0. The Balaban J connectivity index is -0.000000200. The minimum atomic E-state index is 0. The molecule has 96 valence electrons. The van der Waals surface area contributed by atoms with Crippen LogP contribution in [0.5, 0.6) is 0 Å². The van der Waals surface area contributed by atoms with Crippen molar-refractivity contribution in [1.29, 1.82) is 0 Å². The molecule has 0 aliphatic heterocycles. The maximum Gasteiger partial charge on any atom is 0.0230 e. The molecular weight excluding hydrogens is 192 g/mol. The van der Waals surface area contributed by atoms with Crippen LogP contribution in [-0.4, -0.2) is 0 Å². The molecule has 0 heteroatoms. The van der Waals surface area contributed by atoms with Gasteiger partial charge in [-0.2, -0.15) is 0 Å². The van der Waals surface area contributed by atoms with E-state index in [1.807, 2.05) is 6.92 Å². The highest BCUT2D eigenvalue weighted by atomic mass is 14.2. The van der Waals surface area contributed by atoms with E-state index in [0.29, 0.717) is 5.41 Å². The molecule has 0 aromatic rings. The first kappa shape index (κ1) is 20.7. The van der Waals surface area contributed by atoms with Gasteiger partial charge in [0.15, 0.2) is 0 Å². The fourth-order valence-corrected chi connectivity index (χ4v) is 0.808. The predicted octanol–water partition coefficient (Wildman–Crippen LogP) is 5.69. The Morgan fingerprint density at radius 3 is 1.38 bits per heavy atom. The van der Waals surface area contributed by atoms with E-state index in [-0.39, 0.29) is 12.8 Å². The van der Waals surface area contributed by atoms with Crippen LogP contribution in [0.3, 0.4) is 0 Å².